The highest BCUT2D eigenvalue weighted by Gasteiger charge is 2.32. The molecule has 0 fully saturated rings. The molecular weight excluding hydrogens is 244 g/mol. The fourth-order valence-electron chi connectivity index (χ4n) is 1.97. The molecule has 112 valence electrons. The van der Waals surface area contributed by atoms with Crippen LogP contribution in [0.3, 0.4) is 0 Å². The average Bonchev–Trinajstić information content (AvgIpc) is 2.07. The topological polar surface area (TPSA) is 92.4 Å². The first kappa shape index (κ1) is 17.9. The number of hydrogen-bond donors (Lipinski definition) is 3. The summed E-state index contributed by atoms with van der Waals surface area (Å²) in [6, 6.07) is -1.16. The third-order valence-corrected chi connectivity index (χ3v) is 2.74. The van der Waals surface area contributed by atoms with Gasteiger partial charge in [-0.2, -0.15) is 0 Å². The van der Waals surface area contributed by atoms with Crippen molar-refractivity contribution >= 4 is 11.9 Å². The van der Waals surface area contributed by atoms with Crippen molar-refractivity contribution < 1.29 is 14.7 Å². The van der Waals surface area contributed by atoms with Gasteiger partial charge in [-0.3, -0.25) is 4.79 Å². The lowest BCUT2D eigenvalue weighted by atomic mass is 9.85. The molecule has 0 aromatic rings. The number of carboxylic acid groups (broad SMARTS) is 1. The minimum absolute atomic E-state index is 0.0515. The van der Waals surface area contributed by atoms with Crippen molar-refractivity contribution in [2.75, 3.05) is 0 Å². The van der Waals surface area contributed by atoms with Gasteiger partial charge in [-0.25, -0.2) is 4.79 Å². The van der Waals surface area contributed by atoms with Crippen molar-refractivity contribution in [2.24, 2.45) is 16.6 Å². The molecular formula is C14H28N2O3. The van der Waals surface area contributed by atoms with Crippen LogP contribution >= 0.6 is 0 Å². The van der Waals surface area contributed by atoms with E-state index in [4.69, 9.17) is 10.8 Å². The van der Waals surface area contributed by atoms with Crippen LogP contribution in [0.2, 0.25) is 0 Å². The molecule has 2 atom stereocenters. The minimum Gasteiger partial charge on any atom is -0.480 e. The van der Waals surface area contributed by atoms with E-state index in [9.17, 15) is 9.59 Å². The second-order valence-corrected chi connectivity index (χ2v) is 7.43. The predicted octanol–water partition coefficient (Wildman–Crippen LogP) is 1.76. The average molecular weight is 272 g/mol. The van der Waals surface area contributed by atoms with Crippen LogP contribution in [-0.2, 0) is 9.59 Å². The predicted molar refractivity (Wildman–Crippen MR) is 75.7 cm³/mol. The molecule has 0 saturated heterocycles. The van der Waals surface area contributed by atoms with Gasteiger partial charge in [-0.05, 0) is 17.3 Å². The molecule has 19 heavy (non-hydrogen) atoms. The summed E-state index contributed by atoms with van der Waals surface area (Å²) >= 11 is 0. The van der Waals surface area contributed by atoms with E-state index in [2.05, 4.69) is 26.1 Å². The van der Waals surface area contributed by atoms with Crippen LogP contribution < -0.4 is 11.1 Å². The summed E-state index contributed by atoms with van der Waals surface area (Å²) in [7, 11) is 0. The van der Waals surface area contributed by atoms with Gasteiger partial charge in [0.25, 0.3) is 0 Å². The first-order valence-electron chi connectivity index (χ1n) is 6.60. The molecule has 1 amide bonds. The Morgan fingerprint density at radius 3 is 1.95 bits per heavy atom. The van der Waals surface area contributed by atoms with E-state index in [0.29, 0.717) is 6.42 Å². The molecule has 0 aliphatic carbocycles. The van der Waals surface area contributed by atoms with Crippen LogP contribution in [0.15, 0.2) is 0 Å². The fraction of sp³-hybridized carbons (Fsp3) is 0.857. The monoisotopic (exact) mass is 272 g/mol. The molecule has 0 rings (SSSR count). The van der Waals surface area contributed by atoms with E-state index in [1.165, 1.54) is 0 Å². The number of aliphatic carboxylic acids is 1. The number of carboxylic acids is 1. The van der Waals surface area contributed by atoms with E-state index in [1.54, 1.807) is 20.8 Å². The van der Waals surface area contributed by atoms with Crippen LogP contribution in [0.1, 0.15) is 54.4 Å². The number of rotatable bonds is 5. The number of amides is 1. The van der Waals surface area contributed by atoms with Gasteiger partial charge in [-0.1, -0.05) is 41.5 Å². The molecule has 0 aromatic carbocycles. The first-order chi connectivity index (χ1) is 8.33. The molecule has 0 bridgehead atoms. The molecule has 0 saturated carbocycles. The van der Waals surface area contributed by atoms with Crippen LogP contribution in [0.5, 0.6) is 0 Å². The maximum absolute atomic E-state index is 11.8. The van der Waals surface area contributed by atoms with Gasteiger partial charge in [0.2, 0.25) is 5.91 Å². The number of nitrogens with one attached hydrogen (secondary N) is 1. The SMILES string of the molecule is CC(C)(C)CC(N)CC(=O)N[C@H](C(=O)O)C(C)(C)C. The van der Waals surface area contributed by atoms with Crippen molar-refractivity contribution in [1.82, 2.24) is 5.32 Å². The molecule has 0 aromatic heterocycles. The van der Waals surface area contributed by atoms with E-state index in [0.717, 1.165) is 0 Å². The first-order valence-corrected chi connectivity index (χ1v) is 6.60. The second-order valence-electron chi connectivity index (χ2n) is 7.43. The van der Waals surface area contributed by atoms with E-state index in [1.807, 2.05) is 0 Å². The molecule has 0 radical (unpaired) electrons. The Hall–Kier alpha value is -1.10. The lowest BCUT2D eigenvalue weighted by Gasteiger charge is -2.29. The number of carbonyl (C=O) groups excluding carboxylic acids is 1. The van der Waals surface area contributed by atoms with E-state index < -0.39 is 17.4 Å². The van der Waals surface area contributed by atoms with Gasteiger partial charge in [0, 0.05) is 12.5 Å². The lowest BCUT2D eigenvalue weighted by Crippen LogP contribution is -2.50. The molecule has 5 heteroatoms. The smallest absolute Gasteiger partial charge is 0.326 e. The number of hydrogen-bond acceptors (Lipinski definition) is 3. The highest BCUT2D eigenvalue weighted by molar-refractivity contribution is 5.84. The normalized spacial score (nSPS) is 15.7. The zero-order valence-electron chi connectivity index (χ0n) is 12.9. The Bertz CT molecular complexity index is 327. The van der Waals surface area contributed by atoms with Gasteiger partial charge in [0.1, 0.15) is 6.04 Å². The van der Waals surface area contributed by atoms with Crippen LogP contribution in [-0.4, -0.2) is 29.1 Å². The van der Waals surface area contributed by atoms with Gasteiger partial charge >= 0.3 is 5.97 Å². The quantitative estimate of drug-likeness (QED) is 0.711. The van der Waals surface area contributed by atoms with Gasteiger partial charge in [-0.15, -0.1) is 0 Å². The Kier molecular flexibility index (Phi) is 6.00. The Morgan fingerprint density at radius 2 is 1.63 bits per heavy atom. The number of nitrogens with two attached hydrogens (primary N) is 1. The summed E-state index contributed by atoms with van der Waals surface area (Å²) in [6.45, 7) is 11.5. The molecule has 0 aliphatic heterocycles. The molecule has 0 spiro atoms. The summed E-state index contributed by atoms with van der Waals surface area (Å²) in [6.07, 6.45) is 0.866. The summed E-state index contributed by atoms with van der Waals surface area (Å²) in [4.78, 5) is 23.0. The van der Waals surface area contributed by atoms with Crippen LogP contribution in [0.4, 0.5) is 0 Å². The summed E-state index contributed by atoms with van der Waals surface area (Å²) in [5.41, 5.74) is 5.43. The largest absolute Gasteiger partial charge is 0.480 e. The zero-order valence-corrected chi connectivity index (χ0v) is 12.9. The molecule has 5 nitrogen and oxygen atoms in total. The Morgan fingerprint density at radius 1 is 1.16 bits per heavy atom. The van der Waals surface area contributed by atoms with Crippen molar-refractivity contribution in [3.8, 4) is 0 Å². The molecule has 1 unspecified atom stereocenters. The lowest BCUT2D eigenvalue weighted by molar-refractivity contribution is -0.145. The van der Waals surface area contributed by atoms with Crippen molar-refractivity contribution in [1.29, 1.82) is 0 Å². The third-order valence-electron chi connectivity index (χ3n) is 2.74. The maximum atomic E-state index is 11.8. The Labute approximate surface area is 115 Å². The minimum atomic E-state index is -1.02. The Balaban J connectivity index is 4.48. The van der Waals surface area contributed by atoms with Gasteiger partial charge in [0.05, 0.1) is 0 Å². The molecule has 4 N–H and O–H groups in total. The highest BCUT2D eigenvalue weighted by Crippen LogP contribution is 2.22. The zero-order chi connectivity index (χ0) is 15.4. The van der Waals surface area contributed by atoms with Crippen LogP contribution in [0, 0.1) is 10.8 Å². The fourth-order valence-corrected chi connectivity index (χ4v) is 1.97. The summed E-state index contributed by atoms with van der Waals surface area (Å²) in [5.74, 6) is -1.33. The van der Waals surface area contributed by atoms with E-state index in [-0.39, 0.29) is 23.8 Å². The second kappa shape index (κ2) is 6.37. The summed E-state index contributed by atoms with van der Waals surface area (Å²) < 4.78 is 0. The van der Waals surface area contributed by atoms with Crippen LogP contribution in [0.25, 0.3) is 0 Å². The standard InChI is InChI=1S/C14H28N2O3/c1-13(2,3)8-9(15)7-10(17)16-11(12(18)19)14(4,5)6/h9,11H,7-8,15H2,1-6H3,(H,16,17)(H,18,19)/t9?,11-/m1/s1. The molecule has 0 aliphatic rings. The van der Waals surface area contributed by atoms with Crippen molar-refractivity contribution in [3.63, 3.8) is 0 Å². The van der Waals surface area contributed by atoms with Crippen molar-refractivity contribution in [3.05, 3.63) is 0 Å². The maximum Gasteiger partial charge on any atom is 0.326 e. The highest BCUT2D eigenvalue weighted by atomic mass is 16.4. The third kappa shape index (κ3) is 7.82. The van der Waals surface area contributed by atoms with Gasteiger partial charge in [0.15, 0.2) is 0 Å². The van der Waals surface area contributed by atoms with E-state index >= 15 is 0 Å². The number of carbonyl (C=O) groups is 2. The summed E-state index contributed by atoms with van der Waals surface area (Å²) in [5, 5.41) is 11.7. The van der Waals surface area contributed by atoms with Gasteiger partial charge < -0.3 is 16.2 Å². The molecule has 0 heterocycles. The van der Waals surface area contributed by atoms with Crippen molar-refractivity contribution in [2.45, 2.75) is 66.5 Å².